The van der Waals surface area contributed by atoms with Crippen molar-refractivity contribution >= 4 is 11.9 Å². The lowest BCUT2D eigenvalue weighted by molar-refractivity contribution is -0.130. The lowest BCUT2D eigenvalue weighted by Gasteiger charge is -2.34. The summed E-state index contributed by atoms with van der Waals surface area (Å²) in [6, 6.07) is -0.655. The number of hydrogen-bond acceptors (Lipinski definition) is 3. The molecule has 0 aromatic carbocycles. The number of urea groups is 1. The molecule has 6 heteroatoms. The number of ether oxygens (including phenoxy) is 1. The second kappa shape index (κ2) is 7.99. The van der Waals surface area contributed by atoms with Crippen LogP contribution in [0.3, 0.4) is 0 Å². The van der Waals surface area contributed by atoms with E-state index in [0.717, 1.165) is 12.8 Å². The van der Waals surface area contributed by atoms with Gasteiger partial charge in [-0.3, -0.25) is 4.79 Å². The highest BCUT2D eigenvalue weighted by molar-refractivity contribution is 5.87. The van der Waals surface area contributed by atoms with Crippen LogP contribution in [0.5, 0.6) is 0 Å². The summed E-state index contributed by atoms with van der Waals surface area (Å²) in [7, 11) is 0. The lowest BCUT2D eigenvalue weighted by atomic mass is 10.2. The fourth-order valence-electron chi connectivity index (χ4n) is 1.92. The quantitative estimate of drug-likeness (QED) is 0.724. The molecule has 0 aromatic rings. The van der Waals surface area contributed by atoms with Crippen molar-refractivity contribution in [3.63, 3.8) is 0 Å². The lowest BCUT2D eigenvalue weighted by Crippen LogP contribution is -2.59. The molecule has 0 bridgehead atoms. The molecule has 6 nitrogen and oxygen atoms in total. The summed E-state index contributed by atoms with van der Waals surface area (Å²) in [5.74, 6) is -0.152. The Morgan fingerprint density at radius 3 is 2.79 bits per heavy atom. The summed E-state index contributed by atoms with van der Waals surface area (Å²) in [4.78, 5) is 25.7. The van der Waals surface area contributed by atoms with Gasteiger partial charge in [0.2, 0.25) is 5.91 Å². The van der Waals surface area contributed by atoms with Gasteiger partial charge in [-0.2, -0.15) is 0 Å². The Kier molecular flexibility index (Phi) is 6.62. The smallest absolute Gasteiger partial charge is 0.318 e. The molecule has 0 spiro atoms. The van der Waals surface area contributed by atoms with Crippen molar-refractivity contribution in [1.82, 2.24) is 15.5 Å². The zero-order chi connectivity index (χ0) is 14.3. The Bertz CT molecular complexity index is 308. The summed E-state index contributed by atoms with van der Waals surface area (Å²) < 4.78 is 5.31. The molecule has 1 aliphatic rings. The Hall–Kier alpha value is -1.30. The molecule has 3 amide bonds. The molecule has 1 atom stereocenters. The highest BCUT2D eigenvalue weighted by Gasteiger charge is 2.32. The van der Waals surface area contributed by atoms with Crippen LogP contribution in [0.15, 0.2) is 0 Å². The number of carbonyl (C=O) groups excluding carboxylic acids is 2. The van der Waals surface area contributed by atoms with Crippen LogP contribution in [0.25, 0.3) is 0 Å². The van der Waals surface area contributed by atoms with Crippen LogP contribution in [0.4, 0.5) is 4.79 Å². The van der Waals surface area contributed by atoms with Crippen LogP contribution in [-0.2, 0) is 9.53 Å². The minimum Gasteiger partial charge on any atom is -0.377 e. The molecule has 0 radical (unpaired) electrons. The van der Waals surface area contributed by atoms with Gasteiger partial charge < -0.3 is 20.3 Å². The summed E-state index contributed by atoms with van der Waals surface area (Å²) in [6.45, 7) is 7.70. The second-order valence-electron chi connectivity index (χ2n) is 5.03. The van der Waals surface area contributed by atoms with Crippen molar-refractivity contribution < 1.29 is 14.3 Å². The Morgan fingerprint density at radius 1 is 1.42 bits per heavy atom. The summed E-state index contributed by atoms with van der Waals surface area (Å²) in [6.07, 6.45) is 1.97. The number of nitrogens with one attached hydrogen (secondary N) is 2. The Labute approximate surface area is 114 Å². The molecule has 0 saturated carbocycles. The molecule has 1 heterocycles. The van der Waals surface area contributed by atoms with E-state index < -0.39 is 6.04 Å². The van der Waals surface area contributed by atoms with Crippen LogP contribution < -0.4 is 10.6 Å². The fourth-order valence-corrected chi connectivity index (χ4v) is 1.92. The monoisotopic (exact) mass is 271 g/mol. The number of unbranched alkanes of at least 4 members (excludes halogenated alkanes) is 1. The van der Waals surface area contributed by atoms with Gasteiger partial charge >= 0.3 is 6.03 Å². The molecule has 110 valence electrons. The number of carbonyl (C=O) groups is 2. The maximum atomic E-state index is 12.1. The third-order valence-corrected chi connectivity index (χ3v) is 2.93. The van der Waals surface area contributed by atoms with Crippen LogP contribution in [-0.4, -0.2) is 55.2 Å². The first-order valence-corrected chi connectivity index (χ1v) is 6.98. The van der Waals surface area contributed by atoms with Crippen molar-refractivity contribution in [2.24, 2.45) is 0 Å². The first-order chi connectivity index (χ1) is 9.06. The van der Waals surface area contributed by atoms with E-state index in [9.17, 15) is 9.59 Å². The van der Waals surface area contributed by atoms with Gasteiger partial charge in [-0.1, -0.05) is 13.3 Å². The molecular weight excluding hydrogens is 246 g/mol. The maximum Gasteiger partial charge on any atom is 0.318 e. The van der Waals surface area contributed by atoms with Crippen LogP contribution in [0.1, 0.15) is 33.6 Å². The minimum absolute atomic E-state index is 0.0550. The van der Waals surface area contributed by atoms with Gasteiger partial charge in [0.05, 0.1) is 13.2 Å². The molecule has 1 unspecified atom stereocenters. The third kappa shape index (κ3) is 5.06. The van der Waals surface area contributed by atoms with E-state index in [4.69, 9.17) is 4.74 Å². The first kappa shape index (κ1) is 15.8. The predicted molar refractivity (Wildman–Crippen MR) is 72.9 cm³/mol. The van der Waals surface area contributed by atoms with Gasteiger partial charge in [0, 0.05) is 19.1 Å². The highest BCUT2D eigenvalue weighted by atomic mass is 16.5. The number of amides is 3. The summed E-state index contributed by atoms with van der Waals surface area (Å²) >= 11 is 0. The van der Waals surface area contributed by atoms with Crippen molar-refractivity contribution in [3.8, 4) is 0 Å². The topological polar surface area (TPSA) is 70.7 Å². The SMILES string of the molecule is CCCCNC(=O)N1CCOCC1C(=O)NC(C)C. The highest BCUT2D eigenvalue weighted by Crippen LogP contribution is 2.08. The van der Waals surface area contributed by atoms with E-state index in [0.29, 0.717) is 19.7 Å². The van der Waals surface area contributed by atoms with Gasteiger partial charge in [0.15, 0.2) is 0 Å². The van der Waals surface area contributed by atoms with Crippen LogP contribution >= 0.6 is 0 Å². The number of nitrogens with zero attached hydrogens (tertiary/aromatic N) is 1. The standard InChI is InChI=1S/C13H25N3O3/c1-4-5-6-14-13(18)16-7-8-19-9-11(16)12(17)15-10(2)3/h10-11H,4-9H2,1-3H3,(H,14,18)(H,15,17). The first-order valence-electron chi connectivity index (χ1n) is 6.98. The van der Waals surface area contributed by atoms with E-state index >= 15 is 0 Å². The number of hydrogen-bond donors (Lipinski definition) is 2. The largest absolute Gasteiger partial charge is 0.377 e. The average molecular weight is 271 g/mol. The van der Waals surface area contributed by atoms with Crippen LogP contribution in [0, 0.1) is 0 Å². The van der Waals surface area contributed by atoms with E-state index in [1.807, 2.05) is 13.8 Å². The molecular formula is C13H25N3O3. The fraction of sp³-hybridized carbons (Fsp3) is 0.846. The van der Waals surface area contributed by atoms with E-state index in [-0.39, 0.29) is 24.6 Å². The molecule has 2 N–H and O–H groups in total. The van der Waals surface area contributed by atoms with Gasteiger partial charge in [0.1, 0.15) is 6.04 Å². The molecule has 0 aromatic heterocycles. The Morgan fingerprint density at radius 2 is 2.16 bits per heavy atom. The van der Waals surface area contributed by atoms with Gasteiger partial charge in [-0.15, -0.1) is 0 Å². The van der Waals surface area contributed by atoms with E-state index in [1.165, 1.54) is 0 Å². The molecule has 0 aliphatic carbocycles. The van der Waals surface area contributed by atoms with Gasteiger partial charge in [-0.05, 0) is 20.3 Å². The Balaban J connectivity index is 2.56. The van der Waals surface area contributed by atoms with Gasteiger partial charge in [0.25, 0.3) is 0 Å². The minimum atomic E-state index is -0.530. The number of rotatable bonds is 5. The maximum absolute atomic E-state index is 12.1. The van der Waals surface area contributed by atoms with Gasteiger partial charge in [-0.25, -0.2) is 4.79 Å². The number of morpholine rings is 1. The normalized spacial score (nSPS) is 19.4. The van der Waals surface area contributed by atoms with Crippen molar-refractivity contribution in [2.45, 2.75) is 45.7 Å². The van der Waals surface area contributed by atoms with E-state index in [1.54, 1.807) is 4.90 Å². The molecule has 1 saturated heterocycles. The molecule has 19 heavy (non-hydrogen) atoms. The summed E-state index contributed by atoms with van der Waals surface area (Å²) in [5, 5.41) is 5.67. The van der Waals surface area contributed by atoms with Crippen molar-refractivity contribution in [2.75, 3.05) is 26.3 Å². The predicted octanol–water partition coefficient (Wildman–Crippen LogP) is 0.722. The third-order valence-electron chi connectivity index (χ3n) is 2.93. The zero-order valence-electron chi connectivity index (χ0n) is 12.1. The van der Waals surface area contributed by atoms with Crippen molar-refractivity contribution in [3.05, 3.63) is 0 Å². The zero-order valence-corrected chi connectivity index (χ0v) is 12.1. The molecule has 1 fully saturated rings. The second-order valence-corrected chi connectivity index (χ2v) is 5.03. The average Bonchev–Trinajstić information content (AvgIpc) is 2.38. The van der Waals surface area contributed by atoms with Crippen LogP contribution in [0.2, 0.25) is 0 Å². The molecule has 1 rings (SSSR count). The summed E-state index contributed by atoms with van der Waals surface area (Å²) in [5.41, 5.74) is 0. The molecule has 1 aliphatic heterocycles. The van der Waals surface area contributed by atoms with E-state index in [2.05, 4.69) is 17.6 Å². The van der Waals surface area contributed by atoms with Crippen molar-refractivity contribution in [1.29, 1.82) is 0 Å².